The van der Waals surface area contributed by atoms with Crippen molar-refractivity contribution in [2.24, 2.45) is 0 Å². The Bertz CT molecular complexity index is 335. The molecular weight excluding hydrogens is 200 g/mol. The summed E-state index contributed by atoms with van der Waals surface area (Å²) in [6.45, 7) is 2.56. The molecule has 78 valence electrons. The fourth-order valence-electron chi connectivity index (χ4n) is 1.24. The lowest BCUT2D eigenvalue weighted by Crippen LogP contribution is -2.19. The van der Waals surface area contributed by atoms with Crippen molar-refractivity contribution in [3.63, 3.8) is 0 Å². The van der Waals surface area contributed by atoms with Gasteiger partial charge in [0.05, 0.1) is 6.33 Å². The van der Waals surface area contributed by atoms with Crippen molar-refractivity contribution in [3.05, 3.63) is 28.4 Å². The third-order valence-electron chi connectivity index (χ3n) is 2.05. The molecule has 0 bridgehead atoms. The summed E-state index contributed by atoms with van der Waals surface area (Å²) >= 11 is 5.55. The highest BCUT2D eigenvalue weighted by Gasteiger charge is 1.96. The van der Waals surface area contributed by atoms with Crippen molar-refractivity contribution in [2.45, 2.75) is 32.7 Å². The number of aromatic nitrogens is 2. The summed E-state index contributed by atoms with van der Waals surface area (Å²) in [5.74, 6) is 0.695. The second kappa shape index (κ2) is 5.81. The molecule has 0 aromatic carbocycles. The SMILES string of the molecule is Cc1cc(=O)n(CCCCCCl)cn1. The lowest BCUT2D eigenvalue weighted by atomic mass is 10.2. The second-order valence-corrected chi connectivity index (χ2v) is 3.69. The fraction of sp³-hybridized carbons (Fsp3) is 0.600. The van der Waals surface area contributed by atoms with Crippen LogP contribution >= 0.6 is 11.6 Å². The number of nitrogens with zero attached hydrogens (tertiary/aromatic N) is 2. The van der Waals surface area contributed by atoms with Gasteiger partial charge in [0.2, 0.25) is 0 Å². The number of unbranched alkanes of at least 4 members (excludes halogenated alkanes) is 2. The van der Waals surface area contributed by atoms with E-state index >= 15 is 0 Å². The summed E-state index contributed by atoms with van der Waals surface area (Å²) in [5.41, 5.74) is 0.801. The van der Waals surface area contributed by atoms with Crippen LogP contribution in [-0.4, -0.2) is 15.4 Å². The van der Waals surface area contributed by atoms with Crippen LogP contribution in [0.5, 0.6) is 0 Å². The van der Waals surface area contributed by atoms with Gasteiger partial charge in [-0.15, -0.1) is 11.6 Å². The Morgan fingerprint density at radius 3 is 2.86 bits per heavy atom. The van der Waals surface area contributed by atoms with E-state index in [9.17, 15) is 4.79 Å². The summed E-state index contributed by atoms with van der Waals surface area (Å²) in [5, 5.41) is 0. The minimum Gasteiger partial charge on any atom is -0.299 e. The van der Waals surface area contributed by atoms with E-state index in [0.29, 0.717) is 5.88 Å². The molecule has 0 radical (unpaired) electrons. The first-order valence-electron chi connectivity index (χ1n) is 4.83. The Hall–Kier alpha value is -0.830. The Balaban J connectivity index is 2.47. The van der Waals surface area contributed by atoms with Gasteiger partial charge in [-0.3, -0.25) is 9.36 Å². The first-order chi connectivity index (χ1) is 6.74. The van der Waals surface area contributed by atoms with Gasteiger partial charge >= 0.3 is 0 Å². The first-order valence-corrected chi connectivity index (χ1v) is 5.36. The molecule has 1 heterocycles. The number of halogens is 1. The molecule has 0 N–H and O–H groups in total. The topological polar surface area (TPSA) is 34.9 Å². The molecule has 14 heavy (non-hydrogen) atoms. The van der Waals surface area contributed by atoms with Crippen molar-refractivity contribution >= 4 is 11.6 Å². The lowest BCUT2D eigenvalue weighted by Gasteiger charge is -2.03. The van der Waals surface area contributed by atoms with Crippen LogP contribution in [0.25, 0.3) is 0 Å². The van der Waals surface area contributed by atoms with E-state index in [4.69, 9.17) is 11.6 Å². The Kier molecular flexibility index (Phi) is 4.66. The maximum atomic E-state index is 11.4. The fourth-order valence-corrected chi connectivity index (χ4v) is 1.43. The third kappa shape index (κ3) is 3.50. The minimum absolute atomic E-state index is 0.0309. The van der Waals surface area contributed by atoms with Gasteiger partial charge < -0.3 is 0 Å². The average Bonchev–Trinajstić information content (AvgIpc) is 2.15. The van der Waals surface area contributed by atoms with Crippen LogP contribution in [0.2, 0.25) is 0 Å². The summed E-state index contributed by atoms with van der Waals surface area (Å²) in [6, 6.07) is 1.56. The van der Waals surface area contributed by atoms with Crippen LogP contribution in [0.3, 0.4) is 0 Å². The van der Waals surface area contributed by atoms with Gasteiger partial charge in [-0.25, -0.2) is 4.98 Å². The normalized spacial score (nSPS) is 10.4. The Labute approximate surface area is 88.7 Å². The van der Waals surface area contributed by atoms with Crippen molar-refractivity contribution < 1.29 is 0 Å². The monoisotopic (exact) mass is 214 g/mol. The Morgan fingerprint density at radius 2 is 2.21 bits per heavy atom. The molecule has 0 aliphatic heterocycles. The third-order valence-corrected chi connectivity index (χ3v) is 2.32. The standard InChI is InChI=1S/C10H15ClN2O/c1-9-7-10(14)13(8-12-9)6-4-2-3-5-11/h7-8H,2-6H2,1H3. The molecular formula is C10H15ClN2O. The maximum absolute atomic E-state index is 11.4. The number of aryl methyl sites for hydroxylation is 2. The smallest absolute Gasteiger partial charge is 0.253 e. The number of rotatable bonds is 5. The zero-order valence-electron chi connectivity index (χ0n) is 8.37. The number of alkyl halides is 1. The van der Waals surface area contributed by atoms with Crippen molar-refractivity contribution in [1.29, 1.82) is 0 Å². The zero-order valence-corrected chi connectivity index (χ0v) is 9.13. The highest BCUT2D eigenvalue weighted by atomic mass is 35.5. The number of hydrogen-bond acceptors (Lipinski definition) is 2. The number of hydrogen-bond donors (Lipinski definition) is 0. The molecule has 4 heteroatoms. The highest BCUT2D eigenvalue weighted by Crippen LogP contribution is 1.98. The predicted octanol–water partition coefficient (Wildman–Crippen LogP) is 1.96. The largest absolute Gasteiger partial charge is 0.299 e. The molecule has 3 nitrogen and oxygen atoms in total. The van der Waals surface area contributed by atoms with E-state index < -0.39 is 0 Å². The molecule has 0 unspecified atom stereocenters. The van der Waals surface area contributed by atoms with Crippen LogP contribution in [0, 0.1) is 6.92 Å². The van der Waals surface area contributed by atoms with E-state index in [-0.39, 0.29) is 5.56 Å². The first kappa shape index (κ1) is 11.2. The summed E-state index contributed by atoms with van der Waals surface area (Å²) in [4.78, 5) is 15.5. The molecule has 0 saturated heterocycles. The molecule has 0 spiro atoms. The van der Waals surface area contributed by atoms with E-state index in [1.165, 1.54) is 0 Å². The van der Waals surface area contributed by atoms with Gasteiger partial charge in [0, 0.05) is 24.2 Å². The van der Waals surface area contributed by atoms with Crippen LogP contribution in [0.4, 0.5) is 0 Å². The predicted molar refractivity (Wildman–Crippen MR) is 57.8 cm³/mol. The zero-order chi connectivity index (χ0) is 10.4. The highest BCUT2D eigenvalue weighted by molar-refractivity contribution is 6.17. The van der Waals surface area contributed by atoms with Gasteiger partial charge in [-0.2, -0.15) is 0 Å². The second-order valence-electron chi connectivity index (χ2n) is 3.31. The van der Waals surface area contributed by atoms with Gasteiger partial charge in [-0.05, 0) is 19.8 Å². The molecule has 0 amide bonds. The van der Waals surface area contributed by atoms with Crippen molar-refractivity contribution in [2.75, 3.05) is 5.88 Å². The molecule has 0 aliphatic rings. The summed E-state index contributed by atoms with van der Waals surface area (Å²) in [7, 11) is 0. The van der Waals surface area contributed by atoms with Crippen LogP contribution in [0.1, 0.15) is 25.0 Å². The molecule has 1 rings (SSSR count). The molecule has 0 atom stereocenters. The van der Waals surface area contributed by atoms with Crippen LogP contribution in [-0.2, 0) is 6.54 Å². The van der Waals surface area contributed by atoms with Crippen LogP contribution < -0.4 is 5.56 Å². The van der Waals surface area contributed by atoms with Gasteiger partial charge in [0.25, 0.3) is 5.56 Å². The Morgan fingerprint density at radius 1 is 1.43 bits per heavy atom. The molecule has 1 aromatic rings. The van der Waals surface area contributed by atoms with Gasteiger partial charge in [-0.1, -0.05) is 6.42 Å². The minimum atomic E-state index is 0.0309. The lowest BCUT2D eigenvalue weighted by molar-refractivity contribution is 0.579. The summed E-state index contributed by atoms with van der Waals surface area (Å²) < 4.78 is 1.64. The molecule has 0 aliphatic carbocycles. The molecule has 0 fully saturated rings. The molecule has 0 saturated carbocycles. The van der Waals surface area contributed by atoms with Gasteiger partial charge in [0.15, 0.2) is 0 Å². The van der Waals surface area contributed by atoms with Crippen molar-refractivity contribution in [3.8, 4) is 0 Å². The summed E-state index contributed by atoms with van der Waals surface area (Å²) in [6.07, 6.45) is 4.66. The van der Waals surface area contributed by atoms with E-state index in [2.05, 4.69) is 4.98 Å². The average molecular weight is 215 g/mol. The quantitative estimate of drug-likeness (QED) is 0.555. The van der Waals surface area contributed by atoms with E-state index in [1.807, 2.05) is 6.92 Å². The van der Waals surface area contributed by atoms with Crippen LogP contribution in [0.15, 0.2) is 17.2 Å². The molecule has 1 aromatic heterocycles. The van der Waals surface area contributed by atoms with Gasteiger partial charge in [0.1, 0.15) is 0 Å². The van der Waals surface area contributed by atoms with E-state index in [0.717, 1.165) is 31.5 Å². The maximum Gasteiger partial charge on any atom is 0.253 e. The van der Waals surface area contributed by atoms with Crippen molar-refractivity contribution in [1.82, 2.24) is 9.55 Å². The van der Waals surface area contributed by atoms with E-state index in [1.54, 1.807) is 17.0 Å².